The standard InChI is InChI=1S/C3H3FO6.C2H4.CH2O3/c4-1(9-2(5)6)10-3(7)8;1-2;2-1(3)4/h1H,(H,5,6)(H,7,8);1-2H2;(H2,2,3,4). The first-order valence-corrected chi connectivity index (χ1v) is 3.10. The average Bonchev–Trinajstić information content (AvgIpc) is 2.03. The third kappa shape index (κ3) is 42.0. The summed E-state index contributed by atoms with van der Waals surface area (Å²) in [5.74, 6) is 0. The molecule has 0 radical (unpaired) electrons. The molecule has 0 aliphatic rings. The summed E-state index contributed by atoms with van der Waals surface area (Å²) in [7, 11) is 0. The summed E-state index contributed by atoms with van der Waals surface area (Å²) in [6.45, 7) is 3.22. The zero-order valence-electron chi connectivity index (χ0n) is 7.70. The van der Waals surface area contributed by atoms with E-state index in [-0.39, 0.29) is 0 Å². The SMILES string of the molecule is C=C.O=C(O)O.O=C(O)OC(F)OC(=O)O. The number of rotatable bonds is 2. The van der Waals surface area contributed by atoms with E-state index in [1.165, 1.54) is 0 Å². The molecule has 0 rings (SSSR count). The van der Waals surface area contributed by atoms with E-state index < -0.39 is 25.0 Å². The third-order valence-electron chi connectivity index (χ3n) is 0.387. The highest BCUT2D eigenvalue weighted by molar-refractivity contribution is 5.58. The van der Waals surface area contributed by atoms with Crippen LogP contribution in [-0.2, 0) is 9.47 Å². The van der Waals surface area contributed by atoms with E-state index in [2.05, 4.69) is 22.6 Å². The van der Waals surface area contributed by atoms with Gasteiger partial charge >= 0.3 is 25.0 Å². The van der Waals surface area contributed by atoms with Gasteiger partial charge in [0.25, 0.3) is 0 Å². The second kappa shape index (κ2) is 12.5. The number of hydrogen-bond acceptors (Lipinski definition) is 5. The highest BCUT2D eigenvalue weighted by Gasteiger charge is 2.15. The van der Waals surface area contributed by atoms with E-state index in [1.54, 1.807) is 0 Å². The minimum Gasteiger partial charge on any atom is -0.450 e. The van der Waals surface area contributed by atoms with Gasteiger partial charge in [0, 0.05) is 0 Å². The van der Waals surface area contributed by atoms with Crippen molar-refractivity contribution >= 4 is 18.5 Å². The number of carbonyl (C=O) groups is 3. The lowest BCUT2D eigenvalue weighted by atomic mass is 11.2. The Hall–Kier alpha value is -2.52. The van der Waals surface area contributed by atoms with E-state index in [9.17, 15) is 14.0 Å². The Bertz CT molecular complexity index is 208. The summed E-state index contributed by atoms with van der Waals surface area (Å²) in [6.07, 6.45) is -5.73. The maximum absolute atomic E-state index is 11.7. The number of ether oxygens (including phenoxy) is 2. The predicted molar refractivity (Wildman–Crippen MR) is 45.0 cm³/mol. The first-order chi connectivity index (χ1) is 7.25. The van der Waals surface area contributed by atoms with Crippen LogP contribution in [0.4, 0.5) is 18.8 Å². The molecule has 0 fully saturated rings. The summed E-state index contributed by atoms with van der Waals surface area (Å²) >= 11 is 0. The van der Waals surface area contributed by atoms with Gasteiger partial charge in [-0.2, -0.15) is 4.39 Å². The lowest BCUT2D eigenvalue weighted by Crippen LogP contribution is -2.18. The quantitative estimate of drug-likeness (QED) is 0.322. The van der Waals surface area contributed by atoms with Crippen molar-refractivity contribution in [1.82, 2.24) is 0 Å². The van der Waals surface area contributed by atoms with E-state index in [4.69, 9.17) is 25.2 Å². The fourth-order valence-corrected chi connectivity index (χ4v) is 0.183. The molecule has 16 heavy (non-hydrogen) atoms. The molecule has 0 amide bonds. The first kappa shape index (κ1) is 19.1. The summed E-state index contributed by atoms with van der Waals surface area (Å²) < 4.78 is 18.1. The largest absolute Gasteiger partial charge is 0.510 e. The Balaban J connectivity index is -0.000000237. The average molecular weight is 244 g/mol. The predicted octanol–water partition coefficient (Wildman–Crippen LogP) is 1.65. The lowest BCUT2D eigenvalue weighted by molar-refractivity contribution is -0.165. The molecular weight excluding hydrogens is 235 g/mol. The minimum absolute atomic E-state index is 1.83. The van der Waals surface area contributed by atoms with Crippen LogP contribution in [0.15, 0.2) is 13.2 Å². The molecule has 0 heterocycles. The van der Waals surface area contributed by atoms with Crippen molar-refractivity contribution in [2.75, 3.05) is 0 Å². The monoisotopic (exact) mass is 244 g/mol. The number of halogens is 1. The molecule has 9 nitrogen and oxygen atoms in total. The number of alkyl halides is 1. The molecule has 0 unspecified atom stereocenters. The molecule has 0 aliphatic heterocycles. The molecule has 0 saturated heterocycles. The molecule has 4 N–H and O–H groups in total. The Morgan fingerprint density at radius 1 is 0.938 bits per heavy atom. The van der Waals surface area contributed by atoms with Crippen LogP contribution < -0.4 is 0 Å². The lowest BCUT2D eigenvalue weighted by Gasteiger charge is -2.03. The fraction of sp³-hybridized carbons (Fsp3) is 0.167. The summed E-state index contributed by atoms with van der Waals surface area (Å²) in [5, 5.41) is 29.3. The van der Waals surface area contributed by atoms with E-state index in [0.29, 0.717) is 0 Å². The van der Waals surface area contributed by atoms with Crippen molar-refractivity contribution in [2.45, 2.75) is 6.54 Å². The van der Waals surface area contributed by atoms with Gasteiger partial charge in [0.1, 0.15) is 0 Å². The third-order valence-corrected chi connectivity index (χ3v) is 0.387. The number of carboxylic acid groups (broad SMARTS) is 4. The van der Waals surface area contributed by atoms with Gasteiger partial charge < -0.3 is 29.9 Å². The Morgan fingerprint density at radius 3 is 1.25 bits per heavy atom. The van der Waals surface area contributed by atoms with Crippen LogP contribution in [0, 0.1) is 0 Å². The van der Waals surface area contributed by atoms with Crippen LogP contribution >= 0.6 is 0 Å². The van der Waals surface area contributed by atoms with Crippen LogP contribution in [0.2, 0.25) is 0 Å². The Kier molecular flexibility index (Phi) is 14.9. The zero-order chi connectivity index (χ0) is 13.7. The summed E-state index contributed by atoms with van der Waals surface area (Å²) in [5.41, 5.74) is 0. The Morgan fingerprint density at radius 2 is 1.12 bits per heavy atom. The summed E-state index contributed by atoms with van der Waals surface area (Å²) in [4.78, 5) is 27.5. The van der Waals surface area contributed by atoms with Crippen LogP contribution in [0.3, 0.4) is 0 Å². The number of hydrogen-bond donors (Lipinski definition) is 4. The van der Waals surface area contributed by atoms with Crippen molar-refractivity contribution < 1.29 is 48.7 Å². The van der Waals surface area contributed by atoms with Gasteiger partial charge in [-0.3, -0.25) is 0 Å². The van der Waals surface area contributed by atoms with Crippen molar-refractivity contribution in [3.63, 3.8) is 0 Å². The van der Waals surface area contributed by atoms with Gasteiger partial charge in [-0.25, -0.2) is 14.4 Å². The van der Waals surface area contributed by atoms with Crippen molar-refractivity contribution in [1.29, 1.82) is 0 Å². The molecule has 0 aromatic heterocycles. The molecule has 0 atom stereocenters. The molecular formula is C6H9FO9. The summed E-state index contributed by atoms with van der Waals surface area (Å²) in [6, 6.07) is 0. The van der Waals surface area contributed by atoms with Crippen LogP contribution in [0.5, 0.6) is 0 Å². The van der Waals surface area contributed by atoms with Gasteiger partial charge in [0.15, 0.2) is 0 Å². The molecule has 0 aromatic rings. The molecule has 0 bridgehead atoms. The molecule has 0 aliphatic carbocycles. The fourth-order valence-electron chi connectivity index (χ4n) is 0.183. The smallest absolute Gasteiger partial charge is 0.450 e. The highest BCUT2D eigenvalue weighted by atomic mass is 19.2. The maximum atomic E-state index is 11.7. The Labute approximate surface area is 87.9 Å². The molecule has 94 valence electrons. The van der Waals surface area contributed by atoms with E-state index >= 15 is 0 Å². The van der Waals surface area contributed by atoms with Crippen molar-refractivity contribution in [3.8, 4) is 0 Å². The van der Waals surface area contributed by atoms with Gasteiger partial charge in [-0.1, -0.05) is 0 Å². The molecule has 0 spiro atoms. The van der Waals surface area contributed by atoms with Crippen LogP contribution in [0.25, 0.3) is 0 Å². The zero-order valence-corrected chi connectivity index (χ0v) is 7.70. The van der Waals surface area contributed by atoms with Crippen LogP contribution in [-0.4, -0.2) is 45.4 Å². The first-order valence-electron chi connectivity index (χ1n) is 3.10. The van der Waals surface area contributed by atoms with E-state index in [0.717, 1.165) is 0 Å². The molecule has 0 aromatic carbocycles. The van der Waals surface area contributed by atoms with Gasteiger partial charge in [-0.05, 0) is 0 Å². The van der Waals surface area contributed by atoms with Crippen LogP contribution in [0.1, 0.15) is 0 Å². The highest BCUT2D eigenvalue weighted by Crippen LogP contribution is 1.96. The van der Waals surface area contributed by atoms with E-state index in [1.807, 2.05) is 0 Å². The van der Waals surface area contributed by atoms with Gasteiger partial charge in [-0.15, -0.1) is 13.2 Å². The van der Waals surface area contributed by atoms with Gasteiger partial charge in [0.05, 0.1) is 0 Å². The molecule has 10 heteroatoms. The van der Waals surface area contributed by atoms with Crippen molar-refractivity contribution in [3.05, 3.63) is 13.2 Å². The topological polar surface area (TPSA) is 151 Å². The normalized spacial score (nSPS) is 7.38. The minimum atomic E-state index is -2.78. The second-order valence-corrected chi connectivity index (χ2v) is 1.32. The maximum Gasteiger partial charge on any atom is 0.510 e. The van der Waals surface area contributed by atoms with Gasteiger partial charge in [0.2, 0.25) is 0 Å². The molecule has 0 saturated carbocycles. The van der Waals surface area contributed by atoms with Crippen molar-refractivity contribution in [2.24, 2.45) is 0 Å². The second-order valence-electron chi connectivity index (χ2n) is 1.32.